The standard InChI is InChI=1S/C17H20ClN3O3S/c1-12-5-6-13(18)9-15(12)20(3)25(23,24)14-10-16-17(22)19(2)7-4-8-21(16)11-14/h5-6,9-11H,4,7-8H2,1-3H3. The number of halogens is 1. The third-order valence-corrected chi connectivity index (χ3v) is 6.47. The highest BCUT2D eigenvalue weighted by atomic mass is 35.5. The fraction of sp³-hybridized carbons (Fsp3) is 0.353. The molecule has 0 saturated carbocycles. The molecule has 1 aromatic carbocycles. The summed E-state index contributed by atoms with van der Waals surface area (Å²) in [5.41, 5.74) is 1.71. The minimum Gasteiger partial charge on any atom is -0.342 e. The van der Waals surface area contributed by atoms with Gasteiger partial charge in [0.15, 0.2) is 0 Å². The van der Waals surface area contributed by atoms with E-state index in [1.807, 2.05) is 6.92 Å². The van der Waals surface area contributed by atoms with E-state index in [0.29, 0.717) is 29.5 Å². The number of amides is 1. The summed E-state index contributed by atoms with van der Waals surface area (Å²) in [5.74, 6) is -0.166. The first kappa shape index (κ1) is 17.8. The van der Waals surface area contributed by atoms with Crippen LogP contribution in [0.25, 0.3) is 0 Å². The Hall–Kier alpha value is -1.99. The van der Waals surface area contributed by atoms with Gasteiger partial charge in [-0.05, 0) is 37.1 Å². The fourth-order valence-electron chi connectivity index (χ4n) is 2.97. The molecule has 2 aromatic rings. The lowest BCUT2D eigenvalue weighted by molar-refractivity contribution is 0.0796. The highest BCUT2D eigenvalue weighted by Crippen LogP contribution is 2.29. The summed E-state index contributed by atoms with van der Waals surface area (Å²) in [6.07, 6.45) is 2.32. The molecular formula is C17H20ClN3O3S. The number of hydrogen-bond acceptors (Lipinski definition) is 3. The molecule has 3 rings (SSSR count). The number of nitrogens with zero attached hydrogens (tertiary/aromatic N) is 3. The summed E-state index contributed by atoms with van der Waals surface area (Å²) < 4.78 is 29.0. The van der Waals surface area contributed by atoms with Crippen LogP contribution in [-0.4, -0.2) is 44.4 Å². The van der Waals surface area contributed by atoms with E-state index in [2.05, 4.69) is 0 Å². The Morgan fingerprint density at radius 2 is 1.92 bits per heavy atom. The van der Waals surface area contributed by atoms with E-state index in [1.165, 1.54) is 23.6 Å². The SMILES string of the molecule is Cc1ccc(Cl)cc1N(C)S(=O)(=O)c1cc2n(c1)CCCN(C)C2=O. The topological polar surface area (TPSA) is 62.6 Å². The van der Waals surface area contributed by atoms with Crippen LogP contribution in [0.15, 0.2) is 35.4 Å². The molecule has 134 valence electrons. The number of hydrogen-bond donors (Lipinski definition) is 0. The van der Waals surface area contributed by atoms with E-state index in [-0.39, 0.29) is 10.8 Å². The van der Waals surface area contributed by atoms with Crippen LogP contribution in [0, 0.1) is 6.92 Å². The van der Waals surface area contributed by atoms with E-state index < -0.39 is 10.0 Å². The van der Waals surface area contributed by atoms with Gasteiger partial charge in [-0.15, -0.1) is 0 Å². The van der Waals surface area contributed by atoms with Crippen LogP contribution in [0.3, 0.4) is 0 Å². The Kier molecular flexibility index (Phi) is 4.55. The summed E-state index contributed by atoms with van der Waals surface area (Å²) in [6, 6.07) is 6.57. The molecule has 2 heterocycles. The molecule has 0 radical (unpaired) electrons. The first-order chi connectivity index (χ1) is 11.7. The van der Waals surface area contributed by atoms with Crippen LogP contribution >= 0.6 is 11.6 Å². The second-order valence-electron chi connectivity index (χ2n) is 6.24. The lowest BCUT2D eigenvalue weighted by Gasteiger charge is -2.21. The second-order valence-corrected chi connectivity index (χ2v) is 8.64. The van der Waals surface area contributed by atoms with Crippen molar-refractivity contribution in [3.63, 3.8) is 0 Å². The first-order valence-electron chi connectivity index (χ1n) is 7.92. The Bertz CT molecular complexity index is 937. The molecule has 0 unspecified atom stereocenters. The first-order valence-corrected chi connectivity index (χ1v) is 9.74. The normalized spacial score (nSPS) is 15.0. The van der Waals surface area contributed by atoms with Gasteiger partial charge in [-0.25, -0.2) is 8.42 Å². The molecule has 0 spiro atoms. The van der Waals surface area contributed by atoms with Crippen LogP contribution in [0.1, 0.15) is 22.5 Å². The van der Waals surface area contributed by atoms with Crippen LogP contribution in [0.4, 0.5) is 5.69 Å². The average Bonchev–Trinajstić information content (AvgIpc) is 2.95. The van der Waals surface area contributed by atoms with Crippen LogP contribution in [0.2, 0.25) is 5.02 Å². The predicted molar refractivity (Wildman–Crippen MR) is 97.8 cm³/mol. The Balaban J connectivity index is 2.04. The van der Waals surface area contributed by atoms with Crippen molar-refractivity contribution in [2.45, 2.75) is 24.8 Å². The zero-order chi connectivity index (χ0) is 18.4. The third-order valence-electron chi connectivity index (χ3n) is 4.50. The van der Waals surface area contributed by atoms with Crippen LogP contribution in [0.5, 0.6) is 0 Å². The molecule has 0 fully saturated rings. The number of aromatic nitrogens is 1. The predicted octanol–water partition coefficient (Wildman–Crippen LogP) is 2.75. The van der Waals surface area contributed by atoms with E-state index in [0.717, 1.165) is 12.0 Å². The van der Waals surface area contributed by atoms with Gasteiger partial charge in [0, 0.05) is 38.4 Å². The largest absolute Gasteiger partial charge is 0.342 e. The van der Waals surface area contributed by atoms with Gasteiger partial charge in [0.05, 0.1) is 5.69 Å². The fourth-order valence-corrected chi connectivity index (χ4v) is 4.43. The van der Waals surface area contributed by atoms with Crippen molar-refractivity contribution in [2.24, 2.45) is 0 Å². The molecule has 0 bridgehead atoms. The number of benzene rings is 1. The van der Waals surface area contributed by atoms with Crippen molar-refractivity contribution >= 4 is 33.2 Å². The summed E-state index contributed by atoms with van der Waals surface area (Å²) in [4.78, 5) is 14.1. The lowest BCUT2D eigenvalue weighted by Crippen LogP contribution is -2.27. The maximum atomic E-state index is 13.0. The molecule has 0 aliphatic carbocycles. The molecular weight excluding hydrogens is 362 g/mol. The van der Waals surface area contributed by atoms with Gasteiger partial charge in [0.2, 0.25) is 0 Å². The number of sulfonamides is 1. The monoisotopic (exact) mass is 381 g/mol. The zero-order valence-corrected chi connectivity index (χ0v) is 15.9. The summed E-state index contributed by atoms with van der Waals surface area (Å²) in [7, 11) is -0.581. The molecule has 1 amide bonds. The van der Waals surface area contributed by atoms with Crippen molar-refractivity contribution in [2.75, 3.05) is 24.9 Å². The minimum atomic E-state index is -3.80. The summed E-state index contributed by atoms with van der Waals surface area (Å²) in [5, 5.41) is 0.465. The Morgan fingerprint density at radius 1 is 1.20 bits per heavy atom. The molecule has 0 N–H and O–H groups in total. The van der Waals surface area contributed by atoms with Crippen molar-refractivity contribution in [1.82, 2.24) is 9.47 Å². The zero-order valence-electron chi connectivity index (χ0n) is 14.4. The van der Waals surface area contributed by atoms with E-state index in [1.54, 1.807) is 34.7 Å². The van der Waals surface area contributed by atoms with Gasteiger partial charge < -0.3 is 9.47 Å². The molecule has 1 aliphatic rings. The molecule has 1 aliphatic heterocycles. The van der Waals surface area contributed by atoms with Crippen molar-refractivity contribution in [3.05, 3.63) is 46.7 Å². The maximum Gasteiger partial charge on any atom is 0.270 e. The molecule has 0 atom stereocenters. The molecule has 0 saturated heterocycles. The lowest BCUT2D eigenvalue weighted by atomic mass is 10.2. The van der Waals surface area contributed by atoms with Crippen LogP contribution < -0.4 is 4.31 Å². The third kappa shape index (κ3) is 3.14. The molecule has 6 nitrogen and oxygen atoms in total. The van der Waals surface area contributed by atoms with Gasteiger partial charge in [-0.2, -0.15) is 0 Å². The van der Waals surface area contributed by atoms with Crippen molar-refractivity contribution in [3.8, 4) is 0 Å². The Labute approximate surface area is 152 Å². The molecule has 25 heavy (non-hydrogen) atoms. The number of anilines is 1. The highest BCUT2D eigenvalue weighted by Gasteiger charge is 2.28. The maximum absolute atomic E-state index is 13.0. The smallest absolute Gasteiger partial charge is 0.270 e. The second kappa shape index (κ2) is 6.38. The summed E-state index contributed by atoms with van der Waals surface area (Å²) in [6.45, 7) is 3.09. The van der Waals surface area contributed by atoms with Crippen LogP contribution in [-0.2, 0) is 16.6 Å². The summed E-state index contributed by atoms with van der Waals surface area (Å²) >= 11 is 6.02. The van der Waals surface area contributed by atoms with Gasteiger partial charge in [-0.3, -0.25) is 9.10 Å². The number of carbonyl (C=O) groups excluding carboxylic acids is 1. The van der Waals surface area contributed by atoms with Gasteiger partial charge >= 0.3 is 0 Å². The quantitative estimate of drug-likeness (QED) is 0.821. The van der Waals surface area contributed by atoms with Gasteiger partial charge in [-0.1, -0.05) is 17.7 Å². The molecule has 1 aromatic heterocycles. The number of fused-ring (bicyclic) bond motifs is 1. The van der Waals surface area contributed by atoms with E-state index in [4.69, 9.17) is 11.6 Å². The average molecular weight is 382 g/mol. The van der Waals surface area contributed by atoms with E-state index in [9.17, 15) is 13.2 Å². The van der Waals surface area contributed by atoms with Gasteiger partial charge in [0.1, 0.15) is 10.6 Å². The minimum absolute atomic E-state index is 0.105. The number of rotatable bonds is 3. The number of aryl methyl sites for hydroxylation is 2. The molecule has 8 heteroatoms. The van der Waals surface area contributed by atoms with E-state index >= 15 is 0 Å². The number of carbonyl (C=O) groups is 1. The van der Waals surface area contributed by atoms with Crippen molar-refractivity contribution < 1.29 is 13.2 Å². The highest BCUT2D eigenvalue weighted by molar-refractivity contribution is 7.92. The Morgan fingerprint density at radius 3 is 2.64 bits per heavy atom. The van der Waals surface area contributed by atoms with Gasteiger partial charge in [0.25, 0.3) is 15.9 Å². The van der Waals surface area contributed by atoms with Crippen molar-refractivity contribution in [1.29, 1.82) is 0 Å².